The highest BCUT2D eigenvalue weighted by atomic mass is 16.2. The monoisotopic (exact) mass is 394 g/mol. The van der Waals surface area contributed by atoms with Crippen LogP contribution in [-0.4, -0.2) is 65.9 Å². The second kappa shape index (κ2) is 10.6. The third kappa shape index (κ3) is 6.32. The van der Waals surface area contributed by atoms with Crippen molar-refractivity contribution in [2.24, 2.45) is 0 Å². The summed E-state index contributed by atoms with van der Waals surface area (Å²) in [5.74, 6) is 0.137. The zero-order valence-electron chi connectivity index (χ0n) is 17.1. The third-order valence-corrected chi connectivity index (χ3v) is 5.09. The molecule has 6 nitrogen and oxygen atoms in total. The molecule has 2 aromatic carbocycles. The van der Waals surface area contributed by atoms with Crippen molar-refractivity contribution in [1.29, 1.82) is 0 Å². The van der Waals surface area contributed by atoms with Crippen LogP contribution >= 0.6 is 0 Å². The number of benzene rings is 2. The summed E-state index contributed by atoms with van der Waals surface area (Å²) in [6.45, 7) is 6.47. The maximum Gasteiger partial charge on any atom is 0.321 e. The number of amides is 3. The van der Waals surface area contributed by atoms with E-state index in [1.807, 2.05) is 53.4 Å². The Bertz CT molecular complexity index is 774. The van der Waals surface area contributed by atoms with Crippen LogP contribution in [0.1, 0.15) is 18.9 Å². The normalized spacial score (nSPS) is 14.1. The fourth-order valence-corrected chi connectivity index (χ4v) is 3.55. The summed E-state index contributed by atoms with van der Waals surface area (Å²) in [5.41, 5.74) is 2.00. The maximum atomic E-state index is 12.8. The van der Waals surface area contributed by atoms with Crippen LogP contribution in [0.25, 0.3) is 0 Å². The Kier molecular flexibility index (Phi) is 7.64. The van der Waals surface area contributed by atoms with Crippen molar-refractivity contribution >= 4 is 17.6 Å². The molecule has 0 atom stereocenters. The maximum absolute atomic E-state index is 12.8. The van der Waals surface area contributed by atoms with E-state index in [0.29, 0.717) is 32.7 Å². The van der Waals surface area contributed by atoms with Crippen molar-refractivity contribution in [2.75, 3.05) is 44.6 Å². The summed E-state index contributed by atoms with van der Waals surface area (Å²) in [5, 5.41) is 2.91. The van der Waals surface area contributed by atoms with Gasteiger partial charge in [0.25, 0.3) is 0 Å². The van der Waals surface area contributed by atoms with Gasteiger partial charge in [-0.3, -0.25) is 9.69 Å². The molecule has 3 amide bonds. The van der Waals surface area contributed by atoms with E-state index >= 15 is 0 Å². The number of para-hydroxylation sites is 1. The molecule has 6 heteroatoms. The molecule has 1 aliphatic heterocycles. The van der Waals surface area contributed by atoms with Crippen LogP contribution in [0.3, 0.4) is 0 Å². The van der Waals surface area contributed by atoms with Gasteiger partial charge >= 0.3 is 6.03 Å². The Balaban J connectivity index is 1.47. The molecule has 1 fully saturated rings. The number of carbonyl (C=O) groups excluding carboxylic acids is 2. The van der Waals surface area contributed by atoms with Crippen molar-refractivity contribution in [1.82, 2.24) is 14.7 Å². The van der Waals surface area contributed by atoms with E-state index in [2.05, 4.69) is 29.3 Å². The quantitative estimate of drug-likeness (QED) is 0.784. The van der Waals surface area contributed by atoms with Crippen LogP contribution in [0.2, 0.25) is 0 Å². The number of hydrogen-bond acceptors (Lipinski definition) is 3. The van der Waals surface area contributed by atoms with Gasteiger partial charge in [0.05, 0.1) is 6.54 Å². The lowest BCUT2D eigenvalue weighted by Crippen LogP contribution is -2.53. The van der Waals surface area contributed by atoms with E-state index in [9.17, 15) is 9.59 Å². The molecular weight excluding hydrogens is 364 g/mol. The van der Waals surface area contributed by atoms with Crippen LogP contribution in [0.5, 0.6) is 0 Å². The average Bonchev–Trinajstić information content (AvgIpc) is 2.75. The molecule has 1 heterocycles. The molecule has 0 bridgehead atoms. The van der Waals surface area contributed by atoms with Gasteiger partial charge in [0, 0.05) is 38.4 Å². The first-order chi connectivity index (χ1) is 14.2. The predicted octanol–water partition coefficient (Wildman–Crippen LogP) is 3.27. The van der Waals surface area contributed by atoms with Gasteiger partial charge in [0.1, 0.15) is 0 Å². The summed E-state index contributed by atoms with van der Waals surface area (Å²) < 4.78 is 0. The predicted molar refractivity (Wildman–Crippen MR) is 116 cm³/mol. The zero-order valence-corrected chi connectivity index (χ0v) is 17.1. The summed E-state index contributed by atoms with van der Waals surface area (Å²) in [4.78, 5) is 31.1. The summed E-state index contributed by atoms with van der Waals surface area (Å²) in [6.07, 6.45) is 1.01. The Labute approximate surface area is 173 Å². The van der Waals surface area contributed by atoms with E-state index < -0.39 is 0 Å². The number of nitrogens with zero attached hydrogens (tertiary/aromatic N) is 3. The zero-order chi connectivity index (χ0) is 20.5. The number of carbonyl (C=O) groups is 2. The third-order valence-electron chi connectivity index (χ3n) is 5.09. The number of rotatable bonds is 7. The van der Waals surface area contributed by atoms with Crippen LogP contribution in [-0.2, 0) is 11.3 Å². The second-order valence-corrected chi connectivity index (χ2v) is 7.36. The first kappa shape index (κ1) is 20.9. The van der Waals surface area contributed by atoms with Gasteiger partial charge in [-0.1, -0.05) is 55.5 Å². The number of anilines is 1. The molecular formula is C23H30N4O2. The molecule has 154 valence electrons. The molecule has 0 aliphatic carbocycles. The minimum atomic E-state index is -0.111. The largest absolute Gasteiger partial charge is 0.338 e. The topological polar surface area (TPSA) is 55.9 Å². The smallest absolute Gasteiger partial charge is 0.321 e. The van der Waals surface area contributed by atoms with Crippen LogP contribution in [0, 0.1) is 0 Å². The van der Waals surface area contributed by atoms with Gasteiger partial charge in [0.2, 0.25) is 5.91 Å². The lowest BCUT2D eigenvalue weighted by atomic mass is 10.2. The highest BCUT2D eigenvalue weighted by Gasteiger charge is 2.25. The molecule has 0 unspecified atom stereocenters. The Morgan fingerprint density at radius 1 is 0.897 bits per heavy atom. The van der Waals surface area contributed by atoms with Crippen molar-refractivity contribution in [3.8, 4) is 0 Å². The van der Waals surface area contributed by atoms with Crippen molar-refractivity contribution in [3.05, 3.63) is 66.2 Å². The van der Waals surface area contributed by atoms with E-state index in [1.165, 1.54) is 5.56 Å². The number of urea groups is 1. The standard InChI is InChI=1S/C23H30N4O2/c1-2-13-25(18-20-9-5-3-6-10-20)19-22(28)26-14-16-27(17-15-26)23(29)24-21-11-7-4-8-12-21/h3-12H,2,13-19H2,1H3,(H,24,29). The lowest BCUT2D eigenvalue weighted by molar-refractivity contribution is -0.134. The minimum absolute atomic E-state index is 0.111. The summed E-state index contributed by atoms with van der Waals surface area (Å²) >= 11 is 0. The average molecular weight is 395 g/mol. The van der Waals surface area contributed by atoms with Gasteiger partial charge in [-0.05, 0) is 30.7 Å². The highest BCUT2D eigenvalue weighted by molar-refractivity contribution is 5.89. The van der Waals surface area contributed by atoms with Crippen molar-refractivity contribution in [2.45, 2.75) is 19.9 Å². The molecule has 1 aliphatic rings. The molecule has 1 saturated heterocycles. The lowest BCUT2D eigenvalue weighted by Gasteiger charge is -2.35. The fourth-order valence-electron chi connectivity index (χ4n) is 3.55. The van der Waals surface area contributed by atoms with Crippen LogP contribution in [0.15, 0.2) is 60.7 Å². The summed E-state index contributed by atoms with van der Waals surface area (Å²) in [6, 6.07) is 19.6. The number of piperazine rings is 1. The number of nitrogens with one attached hydrogen (secondary N) is 1. The van der Waals surface area contributed by atoms with E-state index in [-0.39, 0.29) is 11.9 Å². The molecule has 3 rings (SSSR count). The molecule has 0 aromatic heterocycles. The van der Waals surface area contributed by atoms with Gasteiger partial charge in [-0.2, -0.15) is 0 Å². The second-order valence-electron chi connectivity index (χ2n) is 7.36. The molecule has 1 N–H and O–H groups in total. The minimum Gasteiger partial charge on any atom is -0.338 e. The van der Waals surface area contributed by atoms with Crippen molar-refractivity contribution in [3.63, 3.8) is 0 Å². The SMILES string of the molecule is CCCN(CC(=O)N1CCN(C(=O)Nc2ccccc2)CC1)Cc1ccccc1. The Morgan fingerprint density at radius 2 is 1.48 bits per heavy atom. The number of hydrogen-bond donors (Lipinski definition) is 1. The fraction of sp³-hybridized carbons (Fsp3) is 0.391. The molecule has 2 aromatic rings. The molecule has 0 saturated carbocycles. The van der Waals surface area contributed by atoms with Gasteiger partial charge in [-0.25, -0.2) is 4.79 Å². The van der Waals surface area contributed by atoms with Gasteiger partial charge in [0.15, 0.2) is 0 Å². The van der Waals surface area contributed by atoms with Crippen LogP contribution < -0.4 is 5.32 Å². The Morgan fingerprint density at radius 3 is 2.10 bits per heavy atom. The van der Waals surface area contributed by atoms with Gasteiger partial charge in [-0.15, -0.1) is 0 Å². The Hall–Kier alpha value is -2.86. The summed E-state index contributed by atoms with van der Waals surface area (Å²) in [7, 11) is 0. The molecule has 0 spiro atoms. The van der Waals surface area contributed by atoms with Crippen LogP contribution in [0.4, 0.5) is 10.5 Å². The van der Waals surface area contributed by atoms with E-state index in [0.717, 1.165) is 25.2 Å². The first-order valence-corrected chi connectivity index (χ1v) is 10.3. The first-order valence-electron chi connectivity index (χ1n) is 10.3. The van der Waals surface area contributed by atoms with Crippen molar-refractivity contribution < 1.29 is 9.59 Å². The van der Waals surface area contributed by atoms with E-state index in [1.54, 1.807) is 4.90 Å². The van der Waals surface area contributed by atoms with E-state index in [4.69, 9.17) is 0 Å². The van der Waals surface area contributed by atoms with Gasteiger partial charge < -0.3 is 15.1 Å². The molecule has 29 heavy (non-hydrogen) atoms. The molecule has 0 radical (unpaired) electrons. The highest BCUT2D eigenvalue weighted by Crippen LogP contribution is 2.10.